The van der Waals surface area contributed by atoms with Crippen molar-refractivity contribution >= 4 is 38.5 Å². The van der Waals surface area contributed by atoms with Crippen LogP contribution in [-0.4, -0.2) is 13.9 Å². The van der Waals surface area contributed by atoms with Gasteiger partial charge >= 0.3 is 0 Å². The lowest BCUT2D eigenvalue weighted by atomic mass is 9.88. The minimum Gasteiger partial charge on any atom is -0.511 e. The van der Waals surface area contributed by atoms with Crippen molar-refractivity contribution < 1.29 is 5.11 Å². The molecule has 3 heteroatoms. The van der Waals surface area contributed by atoms with Crippen LogP contribution in [0, 0.1) is 0 Å². The van der Waals surface area contributed by atoms with Crippen LogP contribution in [0.25, 0.3) is 0 Å². The number of aliphatic hydroxyl groups is 1. The zero-order valence-corrected chi connectivity index (χ0v) is 10.3. The van der Waals surface area contributed by atoms with Crippen LogP contribution in [0.4, 0.5) is 0 Å². The van der Waals surface area contributed by atoms with E-state index in [0.29, 0.717) is 5.76 Å². The molecule has 1 fully saturated rings. The molecule has 1 aliphatic rings. The van der Waals surface area contributed by atoms with Crippen LogP contribution in [-0.2, 0) is 0 Å². The van der Waals surface area contributed by atoms with Crippen molar-refractivity contribution in [3.63, 3.8) is 0 Å². The molecule has 0 radical (unpaired) electrons. The molecule has 1 nitrogen and oxygen atoms in total. The maximum absolute atomic E-state index is 9.74. The zero-order chi connectivity index (χ0) is 8.48. The molecule has 1 aliphatic carbocycles. The third kappa shape index (κ3) is 2.11. The van der Waals surface area contributed by atoms with Gasteiger partial charge in [0.2, 0.25) is 0 Å². The van der Waals surface area contributed by atoms with E-state index in [4.69, 9.17) is 0 Å². The van der Waals surface area contributed by atoms with E-state index in [9.17, 15) is 5.11 Å². The summed E-state index contributed by atoms with van der Waals surface area (Å²) in [6.07, 6.45) is 3.43. The summed E-state index contributed by atoms with van der Waals surface area (Å²) in [4.78, 5) is 0. The molecule has 0 spiro atoms. The van der Waals surface area contributed by atoms with Crippen LogP contribution >= 0.6 is 38.5 Å². The maximum Gasteiger partial charge on any atom is 0.108 e. The Bertz CT molecular complexity index is 181. The van der Waals surface area contributed by atoms with Crippen LogP contribution in [0.5, 0.6) is 0 Å². The van der Waals surface area contributed by atoms with Crippen molar-refractivity contribution in [2.45, 2.75) is 29.6 Å². The van der Waals surface area contributed by atoms with E-state index >= 15 is 0 Å². The summed E-state index contributed by atoms with van der Waals surface area (Å²) in [7, 11) is 0. The Balaban J connectivity index is 2.72. The number of hydrogen-bond acceptors (Lipinski definition) is 1. The molecule has 0 aromatic carbocycles. The first-order valence-corrected chi connectivity index (χ1v) is 5.94. The molecule has 0 saturated heterocycles. The molecule has 1 saturated carbocycles. The summed E-state index contributed by atoms with van der Waals surface area (Å²) in [5.74, 6) is 0.598. The summed E-state index contributed by atoms with van der Waals surface area (Å²) >= 11 is 5.67. The van der Waals surface area contributed by atoms with Crippen molar-refractivity contribution in [2.75, 3.05) is 5.33 Å². The lowest BCUT2D eigenvalue weighted by Crippen LogP contribution is -2.23. The molecule has 0 aliphatic heterocycles. The zero-order valence-electron chi connectivity index (χ0n) is 6.53. The van der Waals surface area contributed by atoms with Crippen molar-refractivity contribution in [3.8, 4) is 0 Å². The fourth-order valence-electron chi connectivity index (χ4n) is 1.02. The molecule has 11 heavy (non-hydrogen) atoms. The van der Waals surface area contributed by atoms with Crippen molar-refractivity contribution in [3.05, 3.63) is 11.3 Å². The second kappa shape index (κ2) is 3.64. The minimum atomic E-state index is -0.104. The number of aliphatic hydroxyl groups excluding tert-OH is 1. The summed E-state index contributed by atoms with van der Waals surface area (Å²) < 4.78 is -0.104. The van der Waals surface area contributed by atoms with E-state index in [1.54, 1.807) is 0 Å². The molecule has 0 aromatic heterocycles. The minimum absolute atomic E-state index is 0.104. The molecule has 0 bridgehead atoms. The number of hydrogen-bond donors (Lipinski definition) is 1. The Labute approximate surface area is 89.5 Å². The standard InChI is InChI=1S/C8H12BrIO/c1-8(10,5-9)7(11)6-3-2-4-6/h11H,2-5H2,1H3/t8-/m0/s1. The van der Waals surface area contributed by atoms with Gasteiger partial charge in [-0.05, 0) is 31.8 Å². The molecule has 0 unspecified atom stereocenters. The van der Waals surface area contributed by atoms with Crippen LogP contribution in [0.1, 0.15) is 26.2 Å². The molecule has 1 atom stereocenters. The van der Waals surface area contributed by atoms with Gasteiger partial charge in [-0.15, -0.1) is 0 Å². The molecule has 64 valence electrons. The van der Waals surface area contributed by atoms with Gasteiger partial charge in [0, 0.05) is 5.33 Å². The third-order valence-corrected chi connectivity index (χ3v) is 5.10. The summed E-state index contributed by atoms with van der Waals surface area (Å²) in [6.45, 7) is 2.04. The smallest absolute Gasteiger partial charge is 0.108 e. The Morgan fingerprint density at radius 1 is 1.73 bits per heavy atom. The lowest BCUT2D eigenvalue weighted by Gasteiger charge is -2.26. The number of rotatable bonds is 2. The SMILES string of the molecule is C[C@](I)(CBr)C(O)=C1CCC1. The normalized spacial score (nSPS) is 22.3. The first-order valence-electron chi connectivity index (χ1n) is 3.74. The van der Waals surface area contributed by atoms with Gasteiger partial charge in [-0.2, -0.15) is 0 Å². The van der Waals surface area contributed by atoms with Crippen molar-refractivity contribution in [1.29, 1.82) is 0 Å². The third-order valence-electron chi connectivity index (χ3n) is 2.04. The number of halogens is 2. The van der Waals surface area contributed by atoms with E-state index in [0.717, 1.165) is 18.2 Å². The first kappa shape index (κ1) is 9.84. The largest absolute Gasteiger partial charge is 0.511 e. The highest BCUT2D eigenvalue weighted by atomic mass is 127. The van der Waals surface area contributed by atoms with Crippen molar-refractivity contribution in [1.82, 2.24) is 0 Å². The molecule has 0 amide bonds. The van der Waals surface area contributed by atoms with Gasteiger partial charge in [-0.1, -0.05) is 38.5 Å². The Morgan fingerprint density at radius 2 is 2.27 bits per heavy atom. The first-order chi connectivity index (χ1) is 5.08. The van der Waals surface area contributed by atoms with Crippen LogP contribution < -0.4 is 0 Å². The van der Waals surface area contributed by atoms with Gasteiger partial charge in [0.15, 0.2) is 0 Å². The molecule has 1 rings (SSSR count). The number of alkyl halides is 2. The average molecular weight is 331 g/mol. The second-order valence-electron chi connectivity index (χ2n) is 3.14. The van der Waals surface area contributed by atoms with Crippen LogP contribution in [0.2, 0.25) is 0 Å². The van der Waals surface area contributed by atoms with Gasteiger partial charge in [0.1, 0.15) is 5.76 Å². The summed E-state index contributed by atoms with van der Waals surface area (Å²) in [5.41, 5.74) is 1.25. The number of allylic oxidation sites excluding steroid dienone is 2. The van der Waals surface area contributed by atoms with Gasteiger partial charge in [-0.3, -0.25) is 0 Å². The lowest BCUT2D eigenvalue weighted by molar-refractivity contribution is 0.353. The fourth-order valence-corrected chi connectivity index (χ4v) is 1.67. The summed E-state index contributed by atoms with van der Waals surface area (Å²) in [5, 5.41) is 10.6. The topological polar surface area (TPSA) is 20.2 Å². The van der Waals surface area contributed by atoms with Gasteiger partial charge < -0.3 is 5.11 Å². The van der Waals surface area contributed by atoms with E-state index in [-0.39, 0.29) is 3.42 Å². The highest BCUT2D eigenvalue weighted by Crippen LogP contribution is 2.37. The molecule has 1 N–H and O–H groups in total. The fraction of sp³-hybridized carbons (Fsp3) is 0.750. The molecule has 0 heterocycles. The second-order valence-corrected chi connectivity index (χ2v) is 6.08. The molecular weight excluding hydrogens is 319 g/mol. The Morgan fingerprint density at radius 3 is 2.55 bits per heavy atom. The highest BCUT2D eigenvalue weighted by molar-refractivity contribution is 14.1. The Hall–Kier alpha value is 0.750. The van der Waals surface area contributed by atoms with E-state index in [1.165, 1.54) is 12.0 Å². The molecule has 0 aromatic rings. The maximum atomic E-state index is 9.74. The van der Waals surface area contributed by atoms with E-state index in [1.807, 2.05) is 6.92 Å². The van der Waals surface area contributed by atoms with Crippen molar-refractivity contribution in [2.24, 2.45) is 0 Å². The monoisotopic (exact) mass is 330 g/mol. The van der Waals surface area contributed by atoms with Gasteiger partial charge in [0.25, 0.3) is 0 Å². The highest BCUT2D eigenvalue weighted by Gasteiger charge is 2.28. The predicted octanol–water partition coefficient (Wildman–Crippen LogP) is 3.57. The van der Waals surface area contributed by atoms with E-state index in [2.05, 4.69) is 38.5 Å². The van der Waals surface area contributed by atoms with Gasteiger partial charge in [0.05, 0.1) is 3.42 Å². The Kier molecular flexibility index (Phi) is 3.26. The summed E-state index contributed by atoms with van der Waals surface area (Å²) in [6, 6.07) is 0. The van der Waals surface area contributed by atoms with Crippen LogP contribution in [0.3, 0.4) is 0 Å². The van der Waals surface area contributed by atoms with Crippen LogP contribution in [0.15, 0.2) is 11.3 Å². The van der Waals surface area contributed by atoms with E-state index < -0.39 is 0 Å². The molecular formula is C8H12BrIO. The quantitative estimate of drug-likeness (QED) is 0.466. The predicted molar refractivity (Wildman–Crippen MR) is 59.7 cm³/mol. The van der Waals surface area contributed by atoms with Gasteiger partial charge in [-0.25, -0.2) is 0 Å². The average Bonchev–Trinajstić information content (AvgIpc) is 1.84.